The zero-order chi connectivity index (χ0) is 31.4. The lowest BCUT2D eigenvalue weighted by molar-refractivity contribution is -0.141. The van der Waals surface area contributed by atoms with E-state index in [2.05, 4.69) is 5.32 Å². The van der Waals surface area contributed by atoms with Crippen LogP contribution in [-0.2, 0) is 32.6 Å². The first-order chi connectivity index (χ1) is 20.5. The Labute approximate surface area is 254 Å². The van der Waals surface area contributed by atoms with Crippen LogP contribution in [0.4, 0.5) is 10.1 Å². The van der Waals surface area contributed by atoms with E-state index in [0.29, 0.717) is 24.5 Å². The number of benzene rings is 3. The standard InChI is InChI=1S/C33H42FN3O5S/c1-5-25(3)35-33(39)31(23-26-13-8-7-9-14-26)36(24-27-15-10-11-16-30(27)34)32(38)17-12-22-37(43(4,40)41)28-18-20-29(21-19-28)42-6-2/h7-11,13-16,18-21,25,31H,5-6,12,17,22-24H2,1-4H3,(H,35,39)/t25-,31+/m1/s1. The summed E-state index contributed by atoms with van der Waals surface area (Å²) in [5.74, 6) is -0.544. The zero-order valence-corrected chi connectivity index (χ0v) is 26.1. The van der Waals surface area contributed by atoms with Crippen LogP contribution in [0.3, 0.4) is 0 Å². The first-order valence-corrected chi connectivity index (χ1v) is 16.5. The molecule has 0 bridgehead atoms. The second-order valence-corrected chi connectivity index (χ2v) is 12.4. The molecular formula is C33H42FN3O5S. The van der Waals surface area contributed by atoms with Gasteiger partial charge in [-0.3, -0.25) is 13.9 Å². The molecule has 2 atom stereocenters. The topological polar surface area (TPSA) is 96.0 Å². The van der Waals surface area contributed by atoms with Crippen molar-refractivity contribution in [3.05, 3.63) is 95.8 Å². The molecule has 43 heavy (non-hydrogen) atoms. The van der Waals surface area contributed by atoms with Crippen LogP contribution >= 0.6 is 0 Å². The Morgan fingerprint density at radius 1 is 0.953 bits per heavy atom. The molecule has 0 radical (unpaired) electrons. The van der Waals surface area contributed by atoms with Crippen molar-refractivity contribution in [3.63, 3.8) is 0 Å². The number of nitrogens with one attached hydrogen (secondary N) is 1. The maximum atomic E-state index is 14.8. The molecule has 10 heteroatoms. The number of ether oxygens (including phenoxy) is 1. The predicted octanol–water partition coefficient (Wildman–Crippen LogP) is 5.33. The van der Waals surface area contributed by atoms with Crippen LogP contribution in [0, 0.1) is 5.82 Å². The lowest BCUT2D eigenvalue weighted by Gasteiger charge is -2.33. The molecule has 0 spiro atoms. The Morgan fingerprint density at radius 2 is 1.60 bits per heavy atom. The highest BCUT2D eigenvalue weighted by Gasteiger charge is 2.31. The average molecular weight is 612 g/mol. The van der Waals surface area contributed by atoms with Crippen LogP contribution in [-0.4, -0.2) is 56.6 Å². The maximum Gasteiger partial charge on any atom is 0.243 e. The summed E-state index contributed by atoms with van der Waals surface area (Å²) in [6, 6.07) is 21.2. The minimum atomic E-state index is -3.65. The lowest BCUT2D eigenvalue weighted by atomic mass is 10.0. The minimum Gasteiger partial charge on any atom is -0.494 e. The summed E-state index contributed by atoms with van der Waals surface area (Å²) in [6.45, 7) is 6.14. The van der Waals surface area contributed by atoms with Crippen molar-refractivity contribution in [2.24, 2.45) is 0 Å². The van der Waals surface area contributed by atoms with Crippen molar-refractivity contribution in [1.82, 2.24) is 10.2 Å². The molecule has 0 aromatic heterocycles. The van der Waals surface area contributed by atoms with Gasteiger partial charge < -0.3 is 15.0 Å². The molecule has 3 aromatic carbocycles. The monoisotopic (exact) mass is 611 g/mol. The van der Waals surface area contributed by atoms with E-state index in [-0.39, 0.29) is 55.8 Å². The summed E-state index contributed by atoms with van der Waals surface area (Å²) in [5.41, 5.74) is 1.60. The number of halogens is 1. The molecular weight excluding hydrogens is 569 g/mol. The molecule has 0 saturated heterocycles. The van der Waals surface area contributed by atoms with Crippen LogP contribution in [0.5, 0.6) is 5.75 Å². The highest BCUT2D eigenvalue weighted by atomic mass is 32.2. The summed E-state index contributed by atoms with van der Waals surface area (Å²) in [7, 11) is -3.65. The number of hydrogen-bond acceptors (Lipinski definition) is 5. The molecule has 232 valence electrons. The lowest BCUT2D eigenvalue weighted by Crippen LogP contribution is -2.52. The van der Waals surface area contributed by atoms with Crippen molar-refractivity contribution in [3.8, 4) is 5.75 Å². The average Bonchev–Trinajstić information content (AvgIpc) is 2.98. The number of carbonyl (C=O) groups is 2. The van der Waals surface area contributed by atoms with Gasteiger partial charge in [-0.15, -0.1) is 0 Å². The maximum absolute atomic E-state index is 14.8. The largest absolute Gasteiger partial charge is 0.494 e. The van der Waals surface area contributed by atoms with E-state index in [1.807, 2.05) is 51.1 Å². The predicted molar refractivity (Wildman–Crippen MR) is 168 cm³/mol. The van der Waals surface area contributed by atoms with Gasteiger partial charge in [0.2, 0.25) is 21.8 Å². The number of hydrogen-bond donors (Lipinski definition) is 1. The number of amides is 2. The van der Waals surface area contributed by atoms with Gasteiger partial charge in [0.05, 0.1) is 18.6 Å². The summed E-state index contributed by atoms with van der Waals surface area (Å²) in [4.78, 5) is 28.9. The summed E-state index contributed by atoms with van der Waals surface area (Å²) in [6.07, 6.45) is 2.21. The van der Waals surface area contributed by atoms with Crippen molar-refractivity contribution in [1.29, 1.82) is 0 Å². The van der Waals surface area contributed by atoms with Gasteiger partial charge in [0.15, 0.2) is 0 Å². The van der Waals surface area contributed by atoms with Crippen molar-refractivity contribution in [2.45, 2.75) is 65.1 Å². The normalized spacial score (nSPS) is 12.7. The van der Waals surface area contributed by atoms with E-state index in [9.17, 15) is 22.4 Å². The smallest absolute Gasteiger partial charge is 0.243 e. The molecule has 1 N–H and O–H groups in total. The van der Waals surface area contributed by atoms with Crippen molar-refractivity contribution < 1.29 is 27.1 Å². The van der Waals surface area contributed by atoms with E-state index >= 15 is 0 Å². The fraction of sp³-hybridized carbons (Fsp3) is 0.394. The number of anilines is 1. The fourth-order valence-electron chi connectivity index (χ4n) is 4.68. The third-order valence-electron chi connectivity index (χ3n) is 7.16. The Hall–Kier alpha value is -3.92. The van der Waals surface area contributed by atoms with Crippen LogP contribution in [0.1, 0.15) is 51.2 Å². The van der Waals surface area contributed by atoms with Crippen molar-refractivity contribution >= 4 is 27.5 Å². The fourth-order valence-corrected chi connectivity index (χ4v) is 5.65. The second-order valence-electron chi connectivity index (χ2n) is 10.5. The minimum absolute atomic E-state index is 0.0423. The molecule has 0 aliphatic carbocycles. The summed E-state index contributed by atoms with van der Waals surface area (Å²) < 4.78 is 46.8. The van der Waals surface area contributed by atoms with Gasteiger partial charge in [-0.05, 0) is 62.6 Å². The van der Waals surface area contributed by atoms with Crippen LogP contribution in [0.15, 0.2) is 78.9 Å². The van der Waals surface area contributed by atoms with Gasteiger partial charge in [-0.1, -0.05) is 55.5 Å². The molecule has 0 fully saturated rings. The summed E-state index contributed by atoms with van der Waals surface area (Å²) in [5, 5.41) is 2.99. The SMILES string of the molecule is CCOc1ccc(N(CCCC(=O)N(Cc2ccccc2F)[C@@H](Cc2ccccc2)C(=O)N[C@H](C)CC)S(C)(=O)=O)cc1. The highest BCUT2D eigenvalue weighted by Crippen LogP contribution is 2.23. The first-order valence-electron chi connectivity index (χ1n) is 14.6. The van der Waals surface area contributed by atoms with E-state index in [1.165, 1.54) is 15.3 Å². The molecule has 0 aliphatic rings. The zero-order valence-electron chi connectivity index (χ0n) is 25.3. The molecule has 0 unspecified atom stereocenters. The molecule has 2 amide bonds. The Kier molecular flexibility index (Phi) is 12.5. The Bertz CT molecular complexity index is 1430. The quantitative estimate of drug-likeness (QED) is 0.236. The third kappa shape index (κ3) is 10.1. The molecule has 3 rings (SSSR count). The third-order valence-corrected chi connectivity index (χ3v) is 8.35. The molecule has 0 heterocycles. The number of nitrogens with zero attached hydrogens (tertiary/aromatic N) is 2. The van der Waals surface area contributed by atoms with Gasteiger partial charge in [0.1, 0.15) is 17.6 Å². The van der Waals surface area contributed by atoms with Gasteiger partial charge in [-0.25, -0.2) is 12.8 Å². The van der Waals surface area contributed by atoms with Crippen LogP contribution < -0.4 is 14.4 Å². The Morgan fingerprint density at radius 3 is 2.21 bits per heavy atom. The molecule has 0 aliphatic heterocycles. The van der Waals surface area contributed by atoms with Crippen LogP contribution in [0.25, 0.3) is 0 Å². The second kappa shape index (κ2) is 16.1. The van der Waals surface area contributed by atoms with E-state index < -0.39 is 21.9 Å². The molecule has 8 nitrogen and oxygen atoms in total. The van der Waals surface area contributed by atoms with Crippen molar-refractivity contribution in [2.75, 3.05) is 23.7 Å². The molecule has 0 saturated carbocycles. The van der Waals surface area contributed by atoms with E-state index in [4.69, 9.17) is 4.74 Å². The number of rotatable bonds is 16. The first kappa shape index (κ1) is 33.6. The van der Waals surface area contributed by atoms with E-state index in [0.717, 1.165) is 11.8 Å². The van der Waals surface area contributed by atoms with Gasteiger partial charge in [0, 0.05) is 37.5 Å². The number of sulfonamides is 1. The highest BCUT2D eigenvalue weighted by molar-refractivity contribution is 7.92. The Balaban J connectivity index is 1.88. The van der Waals surface area contributed by atoms with E-state index in [1.54, 1.807) is 42.5 Å². The van der Waals surface area contributed by atoms with Crippen LogP contribution in [0.2, 0.25) is 0 Å². The van der Waals surface area contributed by atoms with Gasteiger partial charge in [0.25, 0.3) is 0 Å². The number of carbonyl (C=O) groups excluding carboxylic acids is 2. The molecule has 3 aromatic rings. The van der Waals surface area contributed by atoms with Gasteiger partial charge >= 0.3 is 0 Å². The summed E-state index contributed by atoms with van der Waals surface area (Å²) >= 11 is 0. The van der Waals surface area contributed by atoms with Gasteiger partial charge in [-0.2, -0.15) is 0 Å².